The summed E-state index contributed by atoms with van der Waals surface area (Å²) in [4.78, 5) is 28.6. The Kier molecular flexibility index (Phi) is 13.6. The molecule has 0 aromatic heterocycles. The molecule has 212 valence electrons. The molecule has 0 atom stereocenters. The molecule has 1 aliphatic rings. The van der Waals surface area contributed by atoms with Crippen molar-refractivity contribution in [1.82, 2.24) is 9.80 Å². The van der Waals surface area contributed by atoms with Crippen molar-refractivity contribution in [2.75, 3.05) is 39.3 Å². The van der Waals surface area contributed by atoms with Gasteiger partial charge in [0.1, 0.15) is 11.5 Å². The van der Waals surface area contributed by atoms with E-state index in [-0.39, 0.29) is 35.9 Å². The number of nitrogens with zero attached hydrogens (tertiary/aromatic N) is 2. The van der Waals surface area contributed by atoms with E-state index in [1.807, 2.05) is 0 Å². The normalized spacial score (nSPS) is 13.1. The number of benzene rings is 2. The summed E-state index contributed by atoms with van der Waals surface area (Å²) >= 11 is 0. The molecule has 2 N–H and O–H groups in total. The van der Waals surface area contributed by atoms with Crippen molar-refractivity contribution < 1.29 is 24.5 Å². The van der Waals surface area contributed by atoms with Gasteiger partial charge in [-0.15, -0.1) is 24.8 Å². The van der Waals surface area contributed by atoms with Gasteiger partial charge in [-0.05, 0) is 101 Å². The molecule has 1 heterocycles. The molecule has 0 aliphatic carbocycles. The van der Waals surface area contributed by atoms with Gasteiger partial charge in [-0.2, -0.15) is 0 Å². The Morgan fingerprint density at radius 1 is 0.711 bits per heavy atom. The molecule has 0 saturated heterocycles. The van der Waals surface area contributed by atoms with Crippen LogP contribution in [0.2, 0.25) is 0 Å². The van der Waals surface area contributed by atoms with E-state index in [2.05, 4.69) is 37.5 Å². The molecule has 38 heavy (non-hydrogen) atoms. The minimum atomic E-state index is -0.983. The van der Waals surface area contributed by atoms with Crippen LogP contribution in [0.4, 0.5) is 0 Å². The fourth-order valence-electron chi connectivity index (χ4n) is 5.47. The number of halogens is 2. The molecule has 0 bridgehead atoms. The molecule has 0 spiro atoms. The minimum absolute atomic E-state index is 0. The molecular formula is C29H42Cl2N2O5. The summed E-state index contributed by atoms with van der Waals surface area (Å²) in [6.45, 7) is 14.3. The second-order valence-corrected chi connectivity index (χ2v) is 9.48. The van der Waals surface area contributed by atoms with Gasteiger partial charge in [0.2, 0.25) is 0 Å². The zero-order valence-electron chi connectivity index (χ0n) is 22.9. The van der Waals surface area contributed by atoms with Gasteiger partial charge in [-0.1, -0.05) is 27.7 Å². The molecule has 3 rings (SSSR count). The van der Waals surface area contributed by atoms with Crippen molar-refractivity contribution in [3.05, 3.63) is 58.7 Å². The average Bonchev–Trinajstić information content (AvgIpc) is 2.88. The monoisotopic (exact) mass is 568 g/mol. The summed E-state index contributed by atoms with van der Waals surface area (Å²) in [6.07, 6.45) is 3.36. The molecule has 2 aromatic rings. The lowest BCUT2D eigenvalue weighted by molar-refractivity contribution is 0.0686. The lowest BCUT2D eigenvalue weighted by atomic mass is 9.66. The third-order valence-corrected chi connectivity index (χ3v) is 7.65. The third kappa shape index (κ3) is 7.41. The second kappa shape index (κ2) is 15.3. The van der Waals surface area contributed by atoms with Crippen LogP contribution >= 0.6 is 24.8 Å². The predicted molar refractivity (Wildman–Crippen MR) is 156 cm³/mol. The highest BCUT2D eigenvalue weighted by Gasteiger charge is 2.42. The zero-order valence-corrected chi connectivity index (χ0v) is 24.5. The molecule has 9 heteroatoms. The van der Waals surface area contributed by atoms with Gasteiger partial charge in [0.15, 0.2) is 0 Å². The van der Waals surface area contributed by atoms with E-state index in [1.54, 1.807) is 36.4 Å². The maximum Gasteiger partial charge on any atom is 0.335 e. The summed E-state index contributed by atoms with van der Waals surface area (Å²) in [5.41, 5.74) is 1.58. The van der Waals surface area contributed by atoms with Gasteiger partial charge in [0.05, 0.1) is 11.1 Å². The summed E-state index contributed by atoms with van der Waals surface area (Å²) in [5.74, 6) is -0.659. The fraction of sp³-hybridized carbons (Fsp3) is 0.517. The van der Waals surface area contributed by atoms with Crippen molar-refractivity contribution in [3.63, 3.8) is 0 Å². The molecule has 7 nitrogen and oxygen atoms in total. The maximum absolute atomic E-state index is 11.9. The van der Waals surface area contributed by atoms with Gasteiger partial charge >= 0.3 is 11.9 Å². The molecule has 0 amide bonds. The number of ether oxygens (including phenoxy) is 1. The van der Waals surface area contributed by atoms with Crippen LogP contribution in [-0.4, -0.2) is 71.2 Å². The number of fused-ring (bicyclic) bond motifs is 2. The molecule has 0 unspecified atom stereocenters. The molecule has 2 aromatic carbocycles. The number of carbonyl (C=O) groups is 2. The van der Waals surface area contributed by atoms with Crippen molar-refractivity contribution in [2.24, 2.45) is 0 Å². The van der Waals surface area contributed by atoms with Crippen molar-refractivity contribution >= 4 is 36.8 Å². The summed E-state index contributed by atoms with van der Waals surface area (Å²) < 4.78 is 6.24. The Balaban J connectivity index is 0.00000361. The highest BCUT2D eigenvalue weighted by molar-refractivity contribution is 5.89. The number of carboxylic acids is 2. The van der Waals surface area contributed by atoms with E-state index in [0.29, 0.717) is 11.5 Å². The highest BCUT2D eigenvalue weighted by atomic mass is 35.5. The standard InChI is InChI=1S/C29H40N2O5.2ClH/c1-5-30(6-2)17-9-15-29(16-10-18-31(7-3)8-4)23-19-21(27(32)33)11-13-25(23)36-26-14-12-22(28(34)35)20-24(26)29;;/h11-14,19-20H,5-10,15-18H2,1-4H3,(H,32,33)(H,34,35);2*1H. The van der Waals surface area contributed by atoms with Crippen LogP contribution in [0.5, 0.6) is 11.5 Å². The topological polar surface area (TPSA) is 90.3 Å². The second-order valence-electron chi connectivity index (χ2n) is 9.48. The van der Waals surface area contributed by atoms with E-state index in [0.717, 1.165) is 76.1 Å². The molecule has 1 aliphatic heterocycles. The first-order chi connectivity index (χ1) is 17.3. The smallest absolute Gasteiger partial charge is 0.335 e. The summed E-state index contributed by atoms with van der Waals surface area (Å²) in [5, 5.41) is 19.5. The highest BCUT2D eigenvalue weighted by Crippen LogP contribution is 2.53. The van der Waals surface area contributed by atoms with Crippen molar-refractivity contribution in [1.29, 1.82) is 0 Å². The van der Waals surface area contributed by atoms with Crippen molar-refractivity contribution in [3.8, 4) is 11.5 Å². The van der Waals surface area contributed by atoms with E-state index in [1.165, 1.54) is 0 Å². The van der Waals surface area contributed by atoms with Gasteiger partial charge in [0.25, 0.3) is 0 Å². The Bertz CT molecular complexity index is 987. The zero-order chi connectivity index (χ0) is 26.3. The Morgan fingerprint density at radius 2 is 1.08 bits per heavy atom. The number of carboxylic acid groups (broad SMARTS) is 2. The van der Waals surface area contributed by atoms with E-state index < -0.39 is 17.4 Å². The van der Waals surface area contributed by atoms with Crippen LogP contribution in [0.15, 0.2) is 36.4 Å². The Morgan fingerprint density at radius 3 is 1.39 bits per heavy atom. The lowest BCUT2D eigenvalue weighted by Gasteiger charge is -2.42. The summed E-state index contributed by atoms with van der Waals surface area (Å²) in [6, 6.07) is 10.1. The molecule has 0 saturated carbocycles. The van der Waals surface area contributed by atoms with Crippen molar-refractivity contribution in [2.45, 2.75) is 58.8 Å². The van der Waals surface area contributed by atoms with Crippen LogP contribution in [0, 0.1) is 0 Å². The SMILES string of the molecule is CCN(CC)CCCC1(CCCN(CC)CC)c2cc(C(=O)O)ccc2Oc2ccc(C(=O)O)cc21.Cl.Cl. The first-order valence-corrected chi connectivity index (χ1v) is 13.2. The lowest BCUT2D eigenvalue weighted by Crippen LogP contribution is -2.35. The first-order valence-electron chi connectivity index (χ1n) is 13.2. The first kappa shape index (κ1) is 33.7. The van der Waals surface area contributed by atoms with Crippen LogP contribution < -0.4 is 4.74 Å². The number of aromatic carboxylic acids is 2. The largest absolute Gasteiger partial charge is 0.478 e. The maximum atomic E-state index is 11.9. The van der Waals surface area contributed by atoms with Crippen LogP contribution in [0.3, 0.4) is 0 Å². The third-order valence-electron chi connectivity index (χ3n) is 7.65. The number of rotatable bonds is 14. The quantitative estimate of drug-likeness (QED) is 0.266. The van der Waals surface area contributed by atoms with Crippen LogP contribution in [0.25, 0.3) is 0 Å². The predicted octanol–water partition coefficient (Wildman–Crippen LogP) is 6.56. The van der Waals surface area contributed by atoms with Gasteiger partial charge < -0.3 is 24.7 Å². The molecular weight excluding hydrogens is 527 g/mol. The minimum Gasteiger partial charge on any atom is -0.478 e. The number of hydrogen-bond acceptors (Lipinski definition) is 5. The Hall–Kier alpha value is -2.32. The fourth-order valence-corrected chi connectivity index (χ4v) is 5.47. The Labute approximate surface area is 239 Å². The van der Waals surface area contributed by atoms with Crippen LogP contribution in [-0.2, 0) is 5.41 Å². The van der Waals surface area contributed by atoms with E-state index in [9.17, 15) is 19.8 Å². The summed E-state index contributed by atoms with van der Waals surface area (Å²) in [7, 11) is 0. The average molecular weight is 570 g/mol. The van der Waals surface area contributed by atoms with Gasteiger partial charge in [0, 0.05) is 16.5 Å². The molecule has 0 fully saturated rings. The van der Waals surface area contributed by atoms with Gasteiger partial charge in [-0.3, -0.25) is 0 Å². The van der Waals surface area contributed by atoms with Crippen LogP contribution in [0.1, 0.15) is 85.2 Å². The van der Waals surface area contributed by atoms with E-state index in [4.69, 9.17) is 4.74 Å². The van der Waals surface area contributed by atoms with Gasteiger partial charge in [-0.25, -0.2) is 9.59 Å². The molecule has 0 radical (unpaired) electrons. The number of hydrogen-bond donors (Lipinski definition) is 2. The van der Waals surface area contributed by atoms with E-state index >= 15 is 0 Å².